The van der Waals surface area contributed by atoms with E-state index in [0.29, 0.717) is 5.69 Å². The summed E-state index contributed by atoms with van der Waals surface area (Å²) in [5.74, 6) is -0.597. The summed E-state index contributed by atoms with van der Waals surface area (Å²) in [6.07, 6.45) is 0. The lowest BCUT2D eigenvalue weighted by Gasteiger charge is -2.11. The first-order valence-corrected chi connectivity index (χ1v) is 4.22. The zero-order valence-corrected chi connectivity index (χ0v) is 8.41. The zero-order valence-electron chi connectivity index (χ0n) is 8.41. The summed E-state index contributed by atoms with van der Waals surface area (Å²) < 4.78 is 12.9. The van der Waals surface area contributed by atoms with Crippen molar-refractivity contribution in [3.63, 3.8) is 0 Å². The van der Waals surface area contributed by atoms with Gasteiger partial charge in [-0.15, -0.1) is 0 Å². The second-order valence-electron chi connectivity index (χ2n) is 3.13. The Balaban J connectivity index is 2.89. The lowest BCUT2D eigenvalue weighted by molar-refractivity contribution is 0.230. The Morgan fingerprint density at radius 1 is 1.53 bits per heavy atom. The first kappa shape index (κ1) is 11.0. The summed E-state index contributed by atoms with van der Waals surface area (Å²) >= 11 is 0. The minimum atomic E-state index is -0.597. The van der Waals surface area contributed by atoms with Crippen LogP contribution in [0.1, 0.15) is 5.56 Å². The molecule has 0 aliphatic carbocycles. The zero-order chi connectivity index (χ0) is 11.4. The molecule has 15 heavy (non-hydrogen) atoms. The van der Waals surface area contributed by atoms with Crippen LogP contribution in [0, 0.1) is 17.1 Å². The van der Waals surface area contributed by atoms with E-state index in [-0.39, 0.29) is 11.6 Å². The molecule has 0 saturated heterocycles. The van der Waals surface area contributed by atoms with Crippen molar-refractivity contribution in [2.75, 3.05) is 19.4 Å². The van der Waals surface area contributed by atoms with Gasteiger partial charge in [0, 0.05) is 19.8 Å². The molecule has 5 heteroatoms. The van der Waals surface area contributed by atoms with Crippen LogP contribution < -0.4 is 5.32 Å². The molecule has 1 N–H and O–H groups in total. The van der Waals surface area contributed by atoms with E-state index in [1.54, 1.807) is 20.2 Å². The summed E-state index contributed by atoms with van der Waals surface area (Å²) in [4.78, 5) is 12.6. The van der Waals surface area contributed by atoms with E-state index in [9.17, 15) is 9.18 Å². The standard InChI is InChI=1S/C10H10FN3O/c1-14(2)10(15)13-8-3-4-9(11)7(5-8)6-12/h3-5H,1-2H3,(H,13,15). The molecule has 0 atom stereocenters. The summed E-state index contributed by atoms with van der Waals surface area (Å²) in [5.41, 5.74) is 0.304. The average molecular weight is 207 g/mol. The molecular formula is C10H10FN3O. The van der Waals surface area contributed by atoms with Gasteiger partial charge in [-0.3, -0.25) is 0 Å². The number of anilines is 1. The van der Waals surface area contributed by atoms with Crippen LogP contribution in [0.2, 0.25) is 0 Å². The smallest absolute Gasteiger partial charge is 0.321 e. The number of benzene rings is 1. The molecule has 0 saturated carbocycles. The topological polar surface area (TPSA) is 56.1 Å². The minimum Gasteiger partial charge on any atom is -0.331 e. The normalized spacial score (nSPS) is 9.20. The molecule has 0 bridgehead atoms. The van der Waals surface area contributed by atoms with Crippen molar-refractivity contribution in [3.8, 4) is 6.07 Å². The number of nitrogens with zero attached hydrogens (tertiary/aromatic N) is 2. The van der Waals surface area contributed by atoms with Crippen molar-refractivity contribution in [2.45, 2.75) is 0 Å². The number of rotatable bonds is 1. The number of carbonyl (C=O) groups excluding carboxylic acids is 1. The molecule has 0 heterocycles. The quantitative estimate of drug-likeness (QED) is 0.763. The Morgan fingerprint density at radius 3 is 2.73 bits per heavy atom. The lowest BCUT2D eigenvalue weighted by Crippen LogP contribution is -2.27. The SMILES string of the molecule is CN(C)C(=O)Nc1ccc(F)c(C#N)c1. The number of nitriles is 1. The van der Waals surface area contributed by atoms with Crippen molar-refractivity contribution in [2.24, 2.45) is 0 Å². The minimum absolute atomic E-state index is 0.0912. The van der Waals surface area contributed by atoms with Crippen LogP contribution in [0.25, 0.3) is 0 Å². The molecule has 1 aromatic rings. The lowest BCUT2D eigenvalue weighted by atomic mass is 10.2. The Bertz CT molecular complexity index is 423. The van der Waals surface area contributed by atoms with Crippen molar-refractivity contribution in [3.05, 3.63) is 29.6 Å². The predicted molar refractivity (Wildman–Crippen MR) is 53.8 cm³/mol. The van der Waals surface area contributed by atoms with E-state index in [1.165, 1.54) is 17.0 Å². The van der Waals surface area contributed by atoms with Crippen LogP contribution in [0.3, 0.4) is 0 Å². The number of hydrogen-bond acceptors (Lipinski definition) is 2. The Kier molecular flexibility index (Phi) is 3.24. The summed E-state index contributed by atoms with van der Waals surface area (Å²) in [6.45, 7) is 0. The highest BCUT2D eigenvalue weighted by molar-refractivity contribution is 5.89. The third-order valence-electron chi connectivity index (χ3n) is 1.74. The van der Waals surface area contributed by atoms with Crippen LogP contribution in [-0.4, -0.2) is 25.0 Å². The van der Waals surface area contributed by atoms with Gasteiger partial charge in [0.05, 0.1) is 5.56 Å². The molecule has 78 valence electrons. The van der Waals surface area contributed by atoms with Gasteiger partial charge in [0.2, 0.25) is 0 Å². The molecule has 1 rings (SSSR count). The summed E-state index contributed by atoms with van der Waals surface area (Å²) in [7, 11) is 3.17. The molecule has 0 radical (unpaired) electrons. The van der Waals surface area contributed by atoms with E-state index in [4.69, 9.17) is 5.26 Å². The highest BCUT2D eigenvalue weighted by Crippen LogP contribution is 2.13. The van der Waals surface area contributed by atoms with Crippen molar-refractivity contribution in [1.29, 1.82) is 5.26 Å². The first-order valence-electron chi connectivity index (χ1n) is 4.22. The van der Waals surface area contributed by atoms with Gasteiger partial charge in [-0.25, -0.2) is 9.18 Å². The molecule has 0 aromatic heterocycles. The summed E-state index contributed by atoms with van der Waals surface area (Å²) in [6, 6.07) is 5.20. The van der Waals surface area contributed by atoms with E-state index < -0.39 is 5.82 Å². The fourth-order valence-corrected chi connectivity index (χ4v) is 0.924. The summed E-state index contributed by atoms with van der Waals surface area (Å²) in [5, 5.41) is 11.1. The highest BCUT2D eigenvalue weighted by Gasteiger charge is 2.06. The maximum atomic E-state index is 12.9. The third kappa shape index (κ3) is 2.68. The van der Waals surface area contributed by atoms with Gasteiger partial charge in [-0.1, -0.05) is 0 Å². The fraction of sp³-hybridized carbons (Fsp3) is 0.200. The molecular weight excluding hydrogens is 197 g/mol. The van der Waals surface area contributed by atoms with E-state index in [2.05, 4.69) is 5.32 Å². The molecule has 0 unspecified atom stereocenters. The number of hydrogen-bond donors (Lipinski definition) is 1. The third-order valence-corrected chi connectivity index (χ3v) is 1.74. The van der Waals surface area contributed by atoms with Gasteiger partial charge in [0.1, 0.15) is 11.9 Å². The Hall–Kier alpha value is -2.09. The highest BCUT2D eigenvalue weighted by atomic mass is 19.1. The fourth-order valence-electron chi connectivity index (χ4n) is 0.924. The first-order chi connectivity index (χ1) is 7.04. The molecule has 2 amide bonds. The van der Waals surface area contributed by atoms with Gasteiger partial charge in [0.15, 0.2) is 0 Å². The van der Waals surface area contributed by atoms with E-state index >= 15 is 0 Å². The van der Waals surface area contributed by atoms with Crippen molar-refractivity contribution in [1.82, 2.24) is 4.90 Å². The van der Waals surface area contributed by atoms with Crippen molar-refractivity contribution >= 4 is 11.7 Å². The van der Waals surface area contributed by atoms with Crippen molar-refractivity contribution < 1.29 is 9.18 Å². The van der Waals surface area contributed by atoms with Gasteiger partial charge < -0.3 is 10.2 Å². The van der Waals surface area contributed by atoms with E-state index in [0.717, 1.165) is 6.07 Å². The molecule has 1 aromatic carbocycles. The van der Waals surface area contributed by atoms with Gasteiger partial charge in [0.25, 0.3) is 0 Å². The van der Waals surface area contributed by atoms with Crippen LogP contribution in [0.4, 0.5) is 14.9 Å². The van der Waals surface area contributed by atoms with Crippen LogP contribution in [0.5, 0.6) is 0 Å². The van der Waals surface area contributed by atoms with Gasteiger partial charge in [-0.05, 0) is 18.2 Å². The van der Waals surface area contributed by atoms with Crippen LogP contribution >= 0.6 is 0 Å². The van der Waals surface area contributed by atoms with Gasteiger partial charge >= 0.3 is 6.03 Å². The molecule has 0 aliphatic rings. The largest absolute Gasteiger partial charge is 0.331 e. The van der Waals surface area contributed by atoms with Crippen LogP contribution in [-0.2, 0) is 0 Å². The maximum Gasteiger partial charge on any atom is 0.321 e. The molecule has 4 nitrogen and oxygen atoms in total. The van der Waals surface area contributed by atoms with Crippen LogP contribution in [0.15, 0.2) is 18.2 Å². The number of urea groups is 1. The molecule has 0 aliphatic heterocycles. The Labute approximate surface area is 86.9 Å². The second kappa shape index (κ2) is 4.42. The number of halogens is 1. The Morgan fingerprint density at radius 2 is 2.20 bits per heavy atom. The second-order valence-corrected chi connectivity index (χ2v) is 3.13. The number of amides is 2. The number of nitrogens with one attached hydrogen (secondary N) is 1. The van der Waals surface area contributed by atoms with Gasteiger partial charge in [-0.2, -0.15) is 5.26 Å². The average Bonchev–Trinajstić information content (AvgIpc) is 2.20. The van der Waals surface area contributed by atoms with E-state index in [1.807, 2.05) is 0 Å². The maximum absolute atomic E-state index is 12.9. The number of carbonyl (C=O) groups is 1. The molecule has 0 fully saturated rings. The monoisotopic (exact) mass is 207 g/mol. The predicted octanol–water partition coefficient (Wildman–Crippen LogP) is 1.79. The molecule has 0 spiro atoms.